The first-order valence-corrected chi connectivity index (χ1v) is 6.85. The molecule has 0 aromatic carbocycles. The normalized spacial score (nSPS) is 32.5. The molecule has 2 rings (SSSR count). The topological polar surface area (TPSA) is 47.3 Å². The molecule has 3 atom stereocenters. The van der Waals surface area contributed by atoms with Gasteiger partial charge in [0.25, 0.3) is 0 Å². The Morgan fingerprint density at radius 3 is 2.50 bits per heavy atom. The summed E-state index contributed by atoms with van der Waals surface area (Å²) >= 11 is 0. The second-order valence-corrected chi connectivity index (χ2v) is 5.45. The van der Waals surface area contributed by atoms with Crippen molar-refractivity contribution < 1.29 is 4.74 Å². The van der Waals surface area contributed by atoms with Crippen molar-refractivity contribution in [3.05, 3.63) is 36.3 Å². The Hall–Kier alpha value is -1.22. The van der Waals surface area contributed by atoms with Gasteiger partial charge in [-0.2, -0.15) is 0 Å². The summed E-state index contributed by atoms with van der Waals surface area (Å²) in [6, 6.07) is 1.26. The predicted octanol–water partition coefficient (Wildman–Crippen LogP) is 2.61. The van der Waals surface area contributed by atoms with Gasteiger partial charge in [0.15, 0.2) is 0 Å². The molecule has 2 heterocycles. The molecular weight excluding hydrogens is 224 g/mol. The highest BCUT2D eigenvalue weighted by atomic mass is 16.5. The monoisotopic (exact) mass is 248 g/mol. The summed E-state index contributed by atoms with van der Waals surface area (Å²) in [5, 5.41) is 3.66. The maximum atomic E-state index is 6.00. The van der Waals surface area contributed by atoms with Gasteiger partial charge in [-0.1, -0.05) is 24.6 Å². The minimum atomic E-state index is 0.297. The van der Waals surface area contributed by atoms with Crippen LogP contribution in [0, 0.1) is 0 Å². The van der Waals surface area contributed by atoms with Crippen molar-refractivity contribution in [1.82, 2.24) is 5.32 Å². The van der Waals surface area contributed by atoms with Crippen LogP contribution < -0.4 is 11.1 Å². The van der Waals surface area contributed by atoms with Gasteiger partial charge < -0.3 is 15.8 Å². The molecular formula is C15H24N2O. The van der Waals surface area contributed by atoms with Crippen molar-refractivity contribution >= 4 is 0 Å². The summed E-state index contributed by atoms with van der Waals surface area (Å²) in [6.45, 7) is 5.79. The van der Waals surface area contributed by atoms with Crippen LogP contribution in [0.5, 0.6) is 0 Å². The standard InChI is InChI=1S/C15H24N2O/c1-11(2)6-7-14(10-16)18-15-8-12-4-3-5-13(9-15)17-12/h6-7,10,12-13,15,17H,1,3-5,8-9,16H2,2H3/b7-6-,14-10+/t12-,13+,15?. The molecule has 2 aliphatic heterocycles. The third kappa shape index (κ3) is 3.64. The van der Waals surface area contributed by atoms with E-state index in [1.807, 2.05) is 19.1 Å². The molecule has 0 saturated carbocycles. The van der Waals surface area contributed by atoms with Crippen molar-refractivity contribution in [1.29, 1.82) is 0 Å². The number of rotatable bonds is 4. The first-order chi connectivity index (χ1) is 8.67. The number of hydrogen-bond acceptors (Lipinski definition) is 3. The number of ether oxygens (including phenoxy) is 1. The van der Waals surface area contributed by atoms with Crippen LogP contribution in [0.2, 0.25) is 0 Å². The van der Waals surface area contributed by atoms with E-state index in [4.69, 9.17) is 10.5 Å². The molecule has 3 nitrogen and oxygen atoms in total. The van der Waals surface area contributed by atoms with E-state index in [1.54, 1.807) is 0 Å². The molecule has 0 aromatic rings. The Morgan fingerprint density at radius 2 is 1.94 bits per heavy atom. The summed E-state index contributed by atoms with van der Waals surface area (Å²) < 4.78 is 6.00. The van der Waals surface area contributed by atoms with E-state index in [-0.39, 0.29) is 0 Å². The smallest absolute Gasteiger partial charge is 0.135 e. The molecule has 0 aliphatic carbocycles. The van der Waals surface area contributed by atoms with Gasteiger partial charge in [-0.15, -0.1) is 0 Å². The summed E-state index contributed by atoms with van der Waals surface area (Å²) in [6.07, 6.45) is 11.8. The van der Waals surface area contributed by atoms with Gasteiger partial charge >= 0.3 is 0 Å². The van der Waals surface area contributed by atoms with Gasteiger partial charge in [0.2, 0.25) is 0 Å². The van der Waals surface area contributed by atoms with Crippen molar-refractivity contribution in [2.24, 2.45) is 5.73 Å². The zero-order chi connectivity index (χ0) is 13.0. The van der Waals surface area contributed by atoms with E-state index < -0.39 is 0 Å². The van der Waals surface area contributed by atoms with Crippen LogP contribution in [0.15, 0.2) is 36.3 Å². The molecule has 2 fully saturated rings. The lowest BCUT2D eigenvalue weighted by Gasteiger charge is -2.40. The molecule has 18 heavy (non-hydrogen) atoms. The molecule has 3 N–H and O–H groups in total. The Labute approximate surface area is 110 Å². The first kappa shape index (κ1) is 13.2. The van der Waals surface area contributed by atoms with Crippen molar-refractivity contribution in [3.63, 3.8) is 0 Å². The number of fused-ring (bicyclic) bond motifs is 2. The average molecular weight is 248 g/mol. The molecule has 3 heteroatoms. The van der Waals surface area contributed by atoms with Crippen LogP contribution in [0.3, 0.4) is 0 Å². The molecule has 0 radical (unpaired) electrons. The Morgan fingerprint density at radius 1 is 1.28 bits per heavy atom. The number of nitrogens with two attached hydrogens (primary N) is 1. The summed E-state index contributed by atoms with van der Waals surface area (Å²) in [5.74, 6) is 0.753. The first-order valence-electron chi connectivity index (χ1n) is 6.85. The van der Waals surface area contributed by atoms with Crippen LogP contribution >= 0.6 is 0 Å². The van der Waals surface area contributed by atoms with Crippen LogP contribution in [-0.4, -0.2) is 18.2 Å². The fourth-order valence-electron chi connectivity index (χ4n) is 2.86. The fourth-order valence-corrected chi connectivity index (χ4v) is 2.86. The van der Waals surface area contributed by atoms with Gasteiger partial charge in [-0.05, 0) is 38.7 Å². The van der Waals surface area contributed by atoms with E-state index in [1.165, 1.54) is 25.5 Å². The van der Waals surface area contributed by atoms with Crippen LogP contribution in [-0.2, 0) is 4.74 Å². The highest BCUT2D eigenvalue weighted by molar-refractivity contribution is 5.21. The zero-order valence-electron chi connectivity index (χ0n) is 11.2. The average Bonchev–Trinajstić information content (AvgIpc) is 2.34. The summed E-state index contributed by atoms with van der Waals surface area (Å²) in [7, 11) is 0. The van der Waals surface area contributed by atoms with Crippen LogP contribution in [0.4, 0.5) is 0 Å². The Bertz CT molecular complexity index is 348. The lowest BCUT2D eigenvalue weighted by molar-refractivity contribution is 0.0471. The lowest BCUT2D eigenvalue weighted by atomic mass is 9.85. The zero-order valence-corrected chi connectivity index (χ0v) is 11.2. The highest BCUT2D eigenvalue weighted by Gasteiger charge is 2.32. The highest BCUT2D eigenvalue weighted by Crippen LogP contribution is 2.28. The maximum absolute atomic E-state index is 6.00. The van der Waals surface area contributed by atoms with Crippen molar-refractivity contribution in [2.45, 2.75) is 57.2 Å². The molecule has 2 bridgehead atoms. The Kier molecular flexibility index (Phi) is 4.48. The van der Waals surface area contributed by atoms with Gasteiger partial charge in [0, 0.05) is 18.3 Å². The minimum Gasteiger partial charge on any atom is -0.489 e. The second kappa shape index (κ2) is 6.10. The molecule has 2 saturated heterocycles. The molecule has 0 aromatic heterocycles. The van der Waals surface area contributed by atoms with Gasteiger partial charge in [-0.25, -0.2) is 0 Å². The van der Waals surface area contributed by atoms with Crippen LogP contribution in [0.25, 0.3) is 0 Å². The van der Waals surface area contributed by atoms with Crippen molar-refractivity contribution in [2.75, 3.05) is 0 Å². The molecule has 2 aliphatic rings. The van der Waals surface area contributed by atoms with Crippen LogP contribution in [0.1, 0.15) is 39.0 Å². The number of piperidine rings is 2. The second-order valence-electron chi connectivity index (χ2n) is 5.45. The van der Waals surface area contributed by atoms with Gasteiger partial charge in [0.05, 0.1) is 0 Å². The Balaban J connectivity index is 1.90. The SMILES string of the molecule is C=C(C)/C=C\C(=C/N)OC1C[C@H]2CCC[C@@H](C1)N2. The van der Waals surface area contributed by atoms with Gasteiger partial charge in [0.1, 0.15) is 11.9 Å². The lowest BCUT2D eigenvalue weighted by Crippen LogP contribution is -2.50. The predicted molar refractivity (Wildman–Crippen MR) is 74.9 cm³/mol. The molecule has 100 valence electrons. The third-order valence-corrected chi connectivity index (χ3v) is 3.67. The minimum absolute atomic E-state index is 0.297. The van der Waals surface area contributed by atoms with E-state index in [0.29, 0.717) is 18.2 Å². The summed E-state index contributed by atoms with van der Waals surface area (Å²) in [5.41, 5.74) is 6.61. The number of hydrogen-bond donors (Lipinski definition) is 2. The molecule has 1 unspecified atom stereocenters. The molecule has 0 spiro atoms. The fraction of sp³-hybridized carbons (Fsp3) is 0.600. The largest absolute Gasteiger partial charge is 0.489 e. The quantitative estimate of drug-likeness (QED) is 0.594. The van der Waals surface area contributed by atoms with E-state index >= 15 is 0 Å². The van der Waals surface area contributed by atoms with E-state index in [2.05, 4.69) is 11.9 Å². The van der Waals surface area contributed by atoms with Gasteiger partial charge in [-0.3, -0.25) is 0 Å². The van der Waals surface area contributed by atoms with E-state index in [0.717, 1.165) is 24.2 Å². The summed E-state index contributed by atoms with van der Waals surface area (Å²) in [4.78, 5) is 0. The number of allylic oxidation sites excluding steroid dienone is 3. The van der Waals surface area contributed by atoms with Crippen molar-refractivity contribution in [3.8, 4) is 0 Å². The maximum Gasteiger partial charge on any atom is 0.135 e. The molecule has 0 amide bonds. The third-order valence-electron chi connectivity index (χ3n) is 3.67. The number of nitrogens with one attached hydrogen (secondary N) is 1. The van der Waals surface area contributed by atoms with E-state index in [9.17, 15) is 0 Å².